The third-order valence-electron chi connectivity index (χ3n) is 5.38. The van der Waals surface area contributed by atoms with Crippen LogP contribution in [0.3, 0.4) is 0 Å². The van der Waals surface area contributed by atoms with Crippen LogP contribution in [-0.2, 0) is 13.1 Å². The zero-order chi connectivity index (χ0) is 24.8. The highest BCUT2D eigenvalue weighted by Crippen LogP contribution is 2.27. The lowest BCUT2D eigenvalue weighted by molar-refractivity contribution is 0.103. The molecule has 0 bridgehead atoms. The molecule has 1 N–H and O–H groups in total. The maximum atomic E-state index is 14.5. The lowest BCUT2D eigenvalue weighted by Crippen LogP contribution is -2.29. The summed E-state index contributed by atoms with van der Waals surface area (Å²) in [7, 11) is 3.77. The van der Waals surface area contributed by atoms with Crippen molar-refractivity contribution in [2.45, 2.75) is 38.9 Å². The van der Waals surface area contributed by atoms with E-state index in [0.29, 0.717) is 30.4 Å². The zero-order valence-corrected chi connectivity index (χ0v) is 20.2. The van der Waals surface area contributed by atoms with E-state index in [9.17, 15) is 13.6 Å². The Hall–Kier alpha value is -2.94. The maximum absolute atomic E-state index is 14.5. The Labute approximate surface area is 203 Å². The molecule has 0 fully saturated rings. The van der Waals surface area contributed by atoms with Crippen molar-refractivity contribution in [1.29, 1.82) is 0 Å². The van der Waals surface area contributed by atoms with Crippen molar-refractivity contribution in [3.05, 3.63) is 88.5 Å². The van der Waals surface area contributed by atoms with E-state index in [1.165, 1.54) is 12.1 Å². The molecule has 0 radical (unpaired) electrons. The SMILES string of the molecule is C=CCC(CC)NCc1nnc(CN(C)C)n1-c1ccc(Cl)cc1C(=O)c1c(F)cccc1F. The van der Waals surface area contributed by atoms with Gasteiger partial charge in [-0.05, 0) is 57.3 Å². The number of carbonyl (C=O) groups excluding carboxylic acids is 1. The van der Waals surface area contributed by atoms with E-state index < -0.39 is 23.0 Å². The molecule has 1 heterocycles. The summed E-state index contributed by atoms with van der Waals surface area (Å²) in [5.74, 6) is -1.56. The van der Waals surface area contributed by atoms with E-state index in [-0.39, 0.29) is 16.6 Å². The number of carbonyl (C=O) groups is 1. The molecule has 6 nitrogen and oxygen atoms in total. The van der Waals surface area contributed by atoms with Gasteiger partial charge in [0, 0.05) is 16.6 Å². The van der Waals surface area contributed by atoms with Crippen LogP contribution >= 0.6 is 11.6 Å². The van der Waals surface area contributed by atoms with E-state index in [0.717, 1.165) is 25.0 Å². The molecule has 0 saturated heterocycles. The van der Waals surface area contributed by atoms with Crippen LogP contribution in [0.25, 0.3) is 5.69 Å². The number of ketones is 1. The first-order valence-electron chi connectivity index (χ1n) is 11.0. The lowest BCUT2D eigenvalue weighted by atomic mass is 10.00. The van der Waals surface area contributed by atoms with Gasteiger partial charge in [-0.3, -0.25) is 9.36 Å². The molecule has 1 aromatic heterocycles. The quantitative estimate of drug-likeness (QED) is 0.307. The molecule has 0 aliphatic carbocycles. The first-order chi connectivity index (χ1) is 16.3. The first-order valence-corrected chi connectivity index (χ1v) is 11.3. The van der Waals surface area contributed by atoms with Crippen LogP contribution in [0.4, 0.5) is 8.78 Å². The van der Waals surface area contributed by atoms with Gasteiger partial charge in [0.05, 0.1) is 24.3 Å². The number of halogens is 3. The van der Waals surface area contributed by atoms with Crippen molar-refractivity contribution >= 4 is 17.4 Å². The number of hydrogen-bond donors (Lipinski definition) is 1. The van der Waals surface area contributed by atoms with Gasteiger partial charge in [-0.2, -0.15) is 0 Å². The maximum Gasteiger partial charge on any atom is 0.201 e. The fourth-order valence-corrected chi connectivity index (χ4v) is 3.87. The van der Waals surface area contributed by atoms with Crippen LogP contribution in [0, 0.1) is 11.6 Å². The molecule has 0 saturated carbocycles. The molecule has 0 aliphatic heterocycles. The fourth-order valence-electron chi connectivity index (χ4n) is 3.70. The molecule has 1 unspecified atom stereocenters. The normalized spacial score (nSPS) is 12.2. The van der Waals surface area contributed by atoms with Gasteiger partial charge in [0.25, 0.3) is 0 Å². The van der Waals surface area contributed by atoms with Crippen LogP contribution in [0.5, 0.6) is 0 Å². The van der Waals surface area contributed by atoms with Gasteiger partial charge in [-0.1, -0.05) is 30.7 Å². The van der Waals surface area contributed by atoms with Crippen LogP contribution in [0.15, 0.2) is 49.1 Å². The van der Waals surface area contributed by atoms with Crippen molar-refractivity contribution in [3.63, 3.8) is 0 Å². The van der Waals surface area contributed by atoms with Crippen molar-refractivity contribution in [2.75, 3.05) is 14.1 Å². The summed E-state index contributed by atoms with van der Waals surface area (Å²) >= 11 is 6.20. The first kappa shape index (κ1) is 25.7. The summed E-state index contributed by atoms with van der Waals surface area (Å²) in [5, 5.41) is 12.4. The molecular formula is C25H28ClF2N5O. The van der Waals surface area contributed by atoms with E-state index in [2.05, 4.69) is 29.0 Å². The van der Waals surface area contributed by atoms with Crippen molar-refractivity contribution < 1.29 is 13.6 Å². The van der Waals surface area contributed by atoms with Crippen molar-refractivity contribution in [3.8, 4) is 5.69 Å². The van der Waals surface area contributed by atoms with E-state index in [1.54, 1.807) is 16.7 Å². The highest BCUT2D eigenvalue weighted by Gasteiger charge is 2.25. The van der Waals surface area contributed by atoms with Gasteiger partial charge in [-0.25, -0.2) is 8.78 Å². The molecule has 3 aromatic rings. The number of aromatic nitrogens is 3. The third-order valence-corrected chi connectivity index (χ3v) is 5.62. The Kier molecular flexibility index (Phi) is 8.66. The molecule has 0 amide bonds. The number of hydrogen-bond acceptors (Lipinski definition) is 5. The fraction of sp³-hybridized carbons (Fsp3) is 0.320. The smallest absolute Gasteiger partial charge is 0.201 e. The number of benzene rings is 2. The molecule has 1 atom stereocenters. The van der Waals surface area contributed by atoms with Gasteiger partial charge in [0.2, 0.25) is 5.78 Å². The molecule has 2 aromatic carbocycles. The Balaban J connectivity index is 2.14. The summed E-state index contributed by atoms with van der Waals surface area (Å²) in [4.78, 5) is 15.3. The minimum Gasteiger partial charge on any atom is -0.307 e. The van der Waals surface area contributed by atoms with Crippen molar-refractivity contribution in [1.82, 2.24) is 25.0 Å². The average molecular weight is 488 g/mol. The molecule has 9 heteroatoms. The molecule has 180 valence electrons. The minimum atomic E-state index is -0.940. The molecule has 0 spiro atoms. The minimum absolute atomic E-state index is 0.0516. The summed E-state index contributed by atoms with van der Waals surface area (Å²) < 4.78 is 30.7. The topological polar surface area (TPSA) is 63.1 Å². The highest BCUT2D eigenvalue weighted by molar-refractivity contribution is 6.31. The van der Waals surface area contributed by atoms with E-state index >= 15 is 0 Å². The van der Waals surface area contributed by atoms with Gasteiger partial charge in [0.15, 0.2) is 11.6 Å². The Morgan fingerprint density at radius 1 is 1.21 bits per heavy atom. The van der Waals surface area contributed by atoms with Crippen LogP contribution < -0.4 is 5.32 Å². The summed E-state index contributed by atoms with van der Waals surface area (Å²) in [6.45, 7) is 6.67. The Bertz CT molecular complexity index is 1160. The number of nitrogens with one attached hydrogen (secondary N) is 1. The van der Waals surface area contributed by atoms with Gasteiger partial charge in [0.1, 0.15) is 11.6 Å². The summed E-state index contributed by atoms with van der Waals surface area (Å²) in [6.07, 6.45) is 3.52. The molecule has 34 heavy (non-hydrogen) atoms. The second-order valence-corrected chi connectivity index (χ2v) is 8.64. The standard InChI is InChI=1S/C25H28ClF2N5O/c1-5-8-17(6-2)29-14-22-30-31-23(15-32(3)4)33(22)21-12-11-16(26)13-18(21)25(34)24-19(27)9-7-10-20(24)28/h5,7,9-13,17,29H,1,6,8,14-15H2,2-4H3. The van der Waals surface area contributed by atoms with E-state index in [1.807, 2.05) is 25.1 Å². The lowest BCUT2D eigenvalue weighted by Gasteiger charge is -2.19. The Morgan fingerprint density at radius 3 is 2.50 bits per heavy atom. The number of nitrogens with zero attached hydrogens (tertiary/aromatic N) is 4. The Morgan fingerprint density at radius 2 is 1.88 bits per heavy atom. The van der Waals surface area contributed by atoms with Crippen LogP contribution in [0.2, 0.25) is 5.02 Å². The second-order valence-electron chi connectivity index (χ2n) is 8.20. The van der Waals surface area contributed by atoms with Crippen LogP contribution in [0.1, 0.15) is 47.3 Å². The van der Waals surface area contributed by atoms with Gasteiger partial charge >= 0.3 is 0 Å². The molecule has 0 aliphatic rings. The predicted octanol–water partition coefficient (Wildman–Crippen LogP) is 4.94. The van der Waals surface area contributed by atoms with Gasteiger partial charge < -0.3 is 10.2 Å². The summed E-state index contributed by atoms with van der Waals surface area (Å²) in [6, 6.07) is 8.18. The van der Waals surface area contributed by atoms with Crippen molar-refractivity contribution in [2.24, 2.45) is 0 Å². The third kappa shape index (κ3) is 5.75. The molecule has 3 rings (SSSR count). The average Bonchev–Trinajstić information content (AvgIpc) is 3.17. The van der Waals surface area contributed by atoms with Gasteiger partial charge in [-0.15, -0.1) is 16.8 Å². The van der Waals surface area contributed by atoms with Crippen LogP contribution in [-0.4, -0.2) is 45.6 Å². The largest absolute Gasteiger partial charge is 0.307 e. The summed E-state index contributed by atoms with van der Waals surface area (Å²) in [5.41, 5.74) is -0.187. The number of rotatable bonds is 11. The monoisotopic (exact) mass is 487 g/mol. The molecular weight excluding hydrogens is 460 g/mol. The highest BCUT2D eigenvalue weighted by atomic mass is 35.5. The second kappa shape index (κ2) is 11.5. The van der Waals surface area contributed by atoms with E-state index in [4.69, 9.17) is 11.6 Å². The predicted molar refractivity (Wildman–Crippen MR) is 129 cm³/mol. The zero-order valence-electron chi connectivity index (χ0n) is 19.5.